The van der Waals surface area contributed by atoms with Gasteiger partial charge in [-0.15, -0.1) is 0 Å². The fourth-order valence-electron chi connectivity index (χ4n) is 2.30. The van der Waals surface area contributed by atoms with E-state index < -0.39 is 8.07 Å². The maximum absolute atomic E-state index is 4.62. The highest BCUT2D eigenvalue weighted by molar-refractivity contribution is 6.83. The Morgan fingerprint density at radius 2 is 1.75 bits per heavy atom. The third kappa shape index (κ3) is 4.31. The molecular formula is C18H23NSi. The van der Waals surface area contributed by atoms with Gasteiger partial charge in [0, 0.05) is 12.1 Å². The maximum Gasteiger partial charge on any atom is 0.0636 e. The maximum atomic E-state index is 4.62. The van der Waals surface area contributed by atoms with Gasteiger partial charge in [0.1, 0.15) is 0 Å². The second kappa shape index (κ2) is 6.71. The lowest BCUT2D eigenvalue weighted by Crippen LogP contribution is -2.39. The number of rotatable bonds is 4. The van der Waals surface area contributed by atoms with Crippen molar-refractivity contribution < 1.29 is 0 Å². The van der Waals surface area contributed by atoms with Gasteiger partial charge in [-0.05, 0) is 36.3 Å². The molecule has 1 aliphatic carbocycles. The first-order valence-electron chi connectivity index (χ1n) is 7.12. The SMILES string of the molecule is C[C]1[CH][CH][C]([Si](C)(C)C)[C](C=NCc2ccccc2)[CH]1. The Bertz CT molecular complexity index is 432. The fraction of sp³-hybridized carbons (Fsp3) is 0.278. The van der Waals surface area contributed by atoms with Gasteiger partial charge in [-0.1, -0.05) is 56.9 Å². The van der Waals surface area contributed by atoms with Crippen LogP contribution in [0.15, 0.2) is 35.3 Å². The molecule has 1 fully saturated rings. The van der Waals surface area contributed by atoms with Crippen LogP contribution >= 0.6 is 0 Å². The van der Waals surface area contributed by atoms with Crippen LogP contribution in [-0.4, -0.2) is 14.3 Å². The zero-order valence-corrected chi connectivity index (χ0v) is 13.9. The molecule has 0 saturated heterocycles. The van der Waals surface area contributed by atoms with Crippen molar-refractivity contribution in [2.75, 3.05) is 0 Å². The number of nitrogens with zero attached hydrogens (tertiary/aromatic N) is 1. The van der Waals surface area contributed by atoms with Gasteiger partial charge < -0.3 is 0 Å². The third-order valence-corrected chi connectivity index (χ3v) is 5.43. The van der Waals surface area contributed by atoms with E-state index in [0.717, 1.165) is 6.54 Å². The average molecular weight is 281 g/mol. The monoisotopic (exact) mass is 281 g/mol. The van der Waals surface area contributed by atoms with Gasteiger partial charge in [-0.3, -0.25) is 4.99 Å². The molecule has 1 saturated carbocycles. The minimum Gasteiger partial charge on any atom is -0.292 e. The van der Waals surface area contributed by atoms with Crippen LogP contribution in [0.4, 0.5) is 0 Å². The summed E-state index contributed by atoms with van der Waals surface area (Å²) in [7, 11) is -1.32. The lowest BCUT2D eigenvalue weighted by Gasteiger charge is -2.38. The van der Waals surface area contributed by atoms with Crippen molar-refractivity contribution in [2.45, 2.75) is 33.1 Å². The van der Waals surface area contributed by atoms with E-state index in [2.05, 4.69) is 75.1 Å². The molecule has 104 valence electrons. The molecular weight excluding hydrogens is 258 g/mol. The molecule has 0 unspecified atom stereocenters. The highest BCUT2D eigenvalue weighted by Gasteiger charge is 2.38. The zero-order valence-electron chi connectivity index (χ0n) is 12.9. The van der Waals surface area contributed by atoms with Crippen LogP contribution in [0.5, 0.6) is 0 Å². The molecule has 1 aromatic carbocycles. The van der Waals surface area contributed by atoms with E-state index in [4.69, 9.17) is 0 Å². The first kappa shape index (κ1) is 15.5. The summed E-state index contributed by atoms with van der Waals surface area (Å²) in [5.41, 5.74) is 2.74. The standard InChI is InChI=1S/C18H23NSi/c1-15-10-11-18(20(2,3)4)17(12-15)14-19-13-16-8-6-5-7-9-16/h5-12,14H,13H2,1-4H3. The van der Waals surface area contributed by atoms with E-state index in [1.54, 1.807) is 0 Å². The van der Waals surface area contributed by atoms with Crippen LogP contribution in [0, 0.1) is 36.6 Å². The van der Waals surface area contributed by atoms with Gasteiger partial charge in [-0.25, -0.2) is 0 Å². The van der Waals surface area contributed by atoms with Gasteiger partial charge >= 0.3 is 0 Å². The molecule has 6 radical (unpaired) electrons. The highest BCUT2D eigenvalue weighted by Crippen LogP contribution is 2.40. The van der Waals surface area contributed by atoms with Crippen molar-refractivity contribution in [2.24, 2.45) is 4.99 Å². The minimum atomic E-state index is -1.32. The molecule has 0 amide bonds. The Morgan fingerprint density at radius 1 is 1.05 bits per heavy atom. The van der Waals surface area contributed by atoms with Crippen molar-refractivity contribution in [3.8, 4) is 0 Å². The predicted molar refractivity (Wildman–Crippen MR) is 90.3 cm³/mol. The summed E-state index contributed by atoms with van der Waals surface area (Å²) in [6.07, 6.45) is 8.79. The van der Waals surface area contributed by atoms with Gasteiger partial charge in [0.05, 0.1) is 14.6 Å². The van der Waals surface area contributed by atoms with Crippen LogP contribution in [0.1, 0.15) is 12.5 Å². The van der Waals surface area contributed by atoms with E-state index in [1.807, 2.05) is 12.3 Å². The van der Waals surface area contributed by atoms with Crippen molar-refractivity contribution in [3.63, 3.8) is 0 Å². The Balaban J connectivity index is 2.00. The molecule has 1 aliphatic rings. The molecule has 0 aliphatic heterocycles. The van der Waals surface area contributed by atoms with Gasteiger partial charge in [-0.2, -0.15) is 0 Å². The quantitative estimate of drug-likeness (QED) is 0.569. The normalized spacial score (nSPS) is 19.8. The van der Waals surface area contributed by atoms with E-state index in [-0.39, 0.29) is 0 Å². The highest BCUT2D eigenvalue weighted by atomic mass is 28.3. The summed E-state index contributed by atoms with van der Waals surface area (Å²) < 4.78 is 0. The minimum absolute atomic E-state index is 0.750. The number of hydrogen-bond donors (Lipinski definition) is 0. The van der Waals surface area contributed by atoms with Crippen LogP contribution in [0.25, 0.3) is 0 Å². The average Bonchev–Trinajstić information content (AvgIpc) is 2.38. The largest absolute Gasteiger partial charge is 0.292 e. The van der Waals surface area contributed by atoms with E-state index >= 15 is 0 Å². The van der Waals surface area contributed by atoms with E-state index in [9.17, 15) is 0 Å². The van der Waals surface area contributed by atoms with Crippen LogP contribution < -0.4 is 0 Å². The van der Waals surface area contributed by atoms with Crippen LogP contribution in [0.3, 0.4) is 0 Å². The summed E-state index contributed by atoms with van der Waals surface area (Å²) in [5.74, 6) is 2.59. The molecule has 0 spiro atoms. The van der Waals surface area contributed by atoms with E-state index in [0.29, 0.717) is 0 Å². The van der Waals surface area contributed by atoms with E-state index in [1.165, 1.54) is 22.9 Å². The first-order chi connectivity index (χ1) is 9.47. The summed E-state index contributed by atoms with van der Waals surface area (Å²) >= 11 is 0. The summed E-state index contributed by atoms with van der Waals surface area (Å²) in [6.45, 7) is 10.0. The summed E-state index contributed by atoms with van der Waals surface area (Å²) in [5, 5.41) is 0. The number of aliphatic imine (C=N–C) groups is 1. The number of benzene rings is 1. The van der Waals surface area contributed by atoms with Gasteiger partial charge in [0.25, 0.3) is 0 Å². The molecule has 20 heavy (non-hydrogen) atoms. The third-order valence-electron chi connectivity index (χ3n) is 3.36. The second-order valence-electron chi connectivity index (χ2n) is 6.30. The molecule has 0 aromatic heterocycles. The van der Waals surface area contributed by atoms with Crippen molar-refractivity contribution >= 4 is 14.3 Å². The van der Waals surface area contributed by atoms with Gasteiger partial charge in [0.15, 0.2) is 0 Å². The molecule has 1 nitrogen and oxygen atoms in total. The Morgan fingerprint density at radius 3 is 2.40 bits per heavy atom. The van der Waals surface area contributed by atoms with Crippen molar-refractivity contribution in [1.29, 1.82) is 0 Å². The van der Waals surface area contributed by atoms with Crippen molar-refractivity contribution in [1.82, 2.24) is 0 Å². The molecule has 0 atom stereocenters. The molecule has 0 heterocycles. The summed E-state index contributed by atoms with van der Waals surface area (Å²) in [6, 6.07) is 10.4. The molecule has 1 aromatic rings. The molecule has 2 heteroatoms. The summed E-state index contributed by atoms with van der Waals surface area (Å²) in [4.78, 5) is 4.62. The second-order valence-corrected chi connectivity index (χ2v) is 11.3. The molecule has 0 N–H and O–H groups in total. The molecule has 0 bridgehead atoms. The predicted octanol–water partition coefficient (Wildman–Crippen LogP) is 4.50. The topological polar surface area (TPSA) is 12.4 Å². The molecule has 2 rings (SSSR count). The Labute approximate surface area is 125 Å². The Hall–Kier alpha value is -0.893. The van der Waals surface area contributed by atoms with Crippen molar-refractivity contribution in [3.05, 3.63) is 72.5 Å². The fourth-order valence-corrected chi connectivity index (χ4v) is 3.89. The van der Waals surface area contributed by atoms with Gasteiger partial charge in [0.2, 0.25) is 0 Å². The van der Waals surface area contributed by atoms with Crippen LogP contribution in [0.2, 0.25) is 19.6 Å². The lowest BCUT2D eigenvalue weighted by atomic mass is 9.82. The number of hydrogen-bond acceptors (Lipinski definition) is 1. The zero-order chi connectivity index (χ0) is 14.6. The first-order valence-corrected chi connectivity index (χ1v) is 10.6. The smallest absolute Gasteiger partial charge is 0.0636 e. The lowest BCUT2D eigenvalue weighted by molar-refractivity contribution is 0.993. The Kier molecular flexibility index (Phi) is 5.20. The van der Waals surface area contributed by atoms with Crippen LogP contribution in [-0.2, 0) is 6.54 Å².